The Hall–Kier alpha value is 0.690. The molecule has 1 nitrogen and oxygen atoms in total. The summed E-state index contributed by atoms with van der Waals surface area (Å²) in [6.07, 6.45) is 3.86. The minimum absolute atomic E-state index is 0.410. The van der Waals surface area contributed by atoms with Crippen LogP contribution in [0.1, 0.15) is 19.3 Å². The summed E-state index contributed by atoms with van der Waals surface area (Å²) in [4.78, 5) is 0. The second-order valence-electron chi connectivity index (χ2n) is 2.88. The van der Waals surface area contributed by atoms with Gasteiger partial charge in [0.1, 0.15) is 0 Å². The van der Waals surface area contributed by atoms with Gasteiger partial charge in [-0.1, -0.05) is 22.6 Å². The Labute approximate surface area is 70.0 Å². The fraction of sp³-hybridized carbons (Fsp3) is 1.00. The lowest BCUT2D eigenvalue weighted by Crippen LogP contribution is -2.01. The van der Waals surface area contributed by atoms with E-state index in [0.717, 1.165) is 5.92 Å². The average molecular weight is 240 g/mol. The lowest BCUT2D eigenvalue weighted by molar-refractivity contribution is 0.227. The Balaban J connectivity index is 2.20. The number of rotatable bonds is 2. The van der Waals surface area contributed by atoms with E-state index < -0.39 is 0 Å². The van der Waals surface area contributed by atoms with E-state index in [1.165, 1.54) is 23.7 Å². The molecule has 54 valence electrons. The molecule has 0 amide bonds. The predicted molar refractivity (Wildman–Crippen MR) is 46.8 cm³/mol. The predicted octanol–water partition coefficient (Wildman–Crippen LogP) is 1.83. The molecule has 0 saturated heterocycles. The third kappa shape index (κ3) is 2.08. The molecule has 0 unspecified atom stereocenters. The van der Waals surface area contributed by atoms with E-state index in [1.54, 1.807) is 0 Å². The van der Waals surface area contributed by atoms with Crippen molar-refractivity contribution >= 4 is 22.6 Å². The van der Waals surface area contributed by atoms with Crippen LogP contribution < -0.4 is 0 Å². The molecule has 0 heterocycles. The first-order valence-corrected chi connectivity index (χ1v) is 5.06. The highest BCUT2D eigenvalue weighted by atomic mass is 127. The Morgan fingerprint density at radius 2 is 2.00 bits per heavy atom. The molecule has 0 aromatic carbocycles. The first-order valence-electron chi connectivity index (χ1n) is 3.53. The Morgan fingerprint density at radius 1 is 1.33 bits per heavy atom. The van der Waals surface area contributed by atoms with Gasteiger partial charge in [0, 0.05) is 11.0 Å². The fourth-order valence-electron chi connectivity index (χ4n) is 1.48. The van der Waals surface area contributed by atoms with E-state index >= 15 is 0 Å². The monoisotopic (exact) mass is 240 g/mol. The first kappa shape index (κ1) is 7.79. The molecule has 2 atom stereocenters. The van der Waals surface area contributed by atoms with Crippen LogP contribution in [0.4, 0.5) is 0 Å². The summed E-state index contributed by atoms with van der Waals surface area (Å²) in [7, 11) is 0. The van der Waals surface area contributed by atoms with Crippen LogP contribution in [0, 0.1) is 11.8 Å². The Morgan fingerprint density at radius 3 is 2.33 bits per heavy atom. The van der Waals surface area contributed by atoms with Crippen molar-refractivity contribution in [1.29, 1.82) is 0 Å². The summed E-state index contributed by atoms with van der Waals surface area (Å²) in [6.45, 7) is 0.410. The smallest absolute Gasteiger partial charge is 0.0459 e. The summed E-state index contributed by atoms with van der Waals surface area (Å²) in [5.74, 6) is 1.53. The van der Waals surface area contributed by atoms with Crippen molar-refractivity contribution in [3.63, 3.8) is 0 Å². The van der Waals surface area contributed by atoms with Crippen LogP contribution in [0.15, 0.2) is 0 Å². The van der Waals surface area contributed by atoms with E-state index in [9.17, 15) is 0 Å². The van der Waals surface area contributed by atoms with E-state index in [2.05, 4.69) is 22.6 Å². The van der Waals surface area contributed by atoms with Crippen molar-refractivity contribution in [3.05, 3.63) is 0 Å². The lowest BCUT2D eigenvalue weighted by Gasteiger charge is -2.03. The molecule has 1 N–H and O–H groups in total. The van der Waals surface area contributed by atoms with Gasteiger partial charge in [-0.05, 0) is 31.1 Å². The molecule has 0 spiro atoms. The standard InChI is InChI=1S/C7H13IO/c8-4-6-1-2-7(3-6)5-9/h6-7,9H,1-5H2/t6-,7+/m1/s1. The van der Waals surface area contributed by atoms with Crippen molar-refractivity contribution in [2.24, 2.45) is 11.8 Å². The molecule has 0 aromatic rings. The third-order valence-electron chi connectivity index (χ3n) is 2.13. The Kier molecular flexibility index (Phi) is 3.26. The number of aliphatic hydroxyl groups excluding tert-OH is 1. The van der Waals surface area contributed by atoms with Gasteiger partial charge in [-0.15, -0.1) is 0 Å². The quantitative estimate of drug-likeness (QED) is 0.576. The molecule has 0 aromatic heterocycles. The zero-order valence-electron chi connectivity index (χ0n) is 5.52. The van der Waals surface area contributed by atoms with Crippen LogP contribution >= 0.6 is 22.6 Å². The van der Waals surface area contributed by atoms with Crippen LogP contribution in [0.25, 0.3) is 0 Å². The van der Waals surface area contributed by atoms with Crippen molar-refractivity contribution < 1.29 is 5.11 Å². The second-order valence-corrected chi connectivity index (χ2v) is 3.76. The zero-order valence-corrected chi connectivity index (χ0v) is 7.67. The molecule has 1 fully saturated rings. The maximum Gasteiger partial charge on any atom is 0.0459 e. The largest absolute Gasteiger partial charge is 0.396 e. The van der Waals surface area contributed by atoms with E-state index in [0.29, 0.717) is 12.5 Å². The van der Waals surface area contributed by atoms with Crippen molar-refractivity contribution in [3.8, 4) is 0 Å². The van der Waals surface area contributed by atoms with Crippen molar-refractivity contribution in [2.75, 3.05) is 11.0 Å². The summed E-state index contributed by atoms with van der Waals surface area (Å²) >= 11 is 2.43. The summed E-state index contributed by atoms with van der Waals surface area (Å²) in [6, 6.07) is 0. The van der Waals surface area contributed by atoms with Gasteiger partial charge in [0.15, 0.2) is 0 Å². The van der Waals surface area contributed by atoms with Gasteiger partial charge in [-0.25, -0.2) is 0 Å². The molecule has 9 heavy (non-hydrogen) atoms. The Bertz CT molecular complexity index is 75.0. The summed E-state index contributed by atoms with van der Waals surface area (Å²) < 4.78 is 1.27. The normalized spacial score (nSPS) is 35.3. The fourth-order valence-corrected chi connectivity index (χ4v) is 2.28. The minimum Gasteiger partial charge on any atom is -0.396 e. The maximum atomic E-state index is 8.78. The van der Waals surface area contributed by atoms with E-state index in [4.69, 9.17) is 5.11 Å². The number of alkyl halides is 1. The number of halogens is 1. The topological polar surface area (TPSA) is 20.2 Å². The van der Waals surface area contributed by atoms with Crippen molar-refractivity contribution in [1.82, 2.24) is 0 Å². The third-order valence-corrected chi connectivity index (χ3v) is 3.37. The highest BCUT2D eigenvalue weighted by Crippen LogP contribution is 2.31. The minimum atomic E-state index is 0.410. The van der Waals surface area contributed by atoms with Crippen molar-refractivity contribution in [2.45, 2.75) is 19.3 Å². The summed E-state index contributed by atoms with van der Waals surface area (Å²) in [5.41, 5.74) is 0. The number of hydrogen-bond acceptors (Lipinski definition) is 1. The van der Waals surface area contributed by atoms with E-state index in [-0.39, 0.29) is 0 Å². The number of hydrogen-bond donors (Lipinski definition) is 1. The zero-order chi connectivity index (χ0) is 6.69. The molecule has 0 aliphatic heterocycles. The van der Waals surface area contributed by atoms with Crippen LogP contribution in [-0.4, -0.2) is 16.1 Å². The van der Waals surface area contributed by atoms with Crippen LogP contribution in [0.3, 0.4) is 0 Å². The molecule has 1 aliphatic carbocycles. The maximum absolute atomic E-state index is 8.78. The van der Waals surface area contributed by atoms with Crippen LogP contribution in [0.5, 0.6) is 0 Å². The molecule has 2 heteroatoms. The van der Waals surface area contributed by atoms with Gasteiger partial charge in [-0.2, -0.15) is 0 Å². The highest BCUT2D eigenvalue weighted by Gasteiger charge is 2.22. The van der Waals surface area contributed by atoms with Gasteiger partial charge < -0.3 is 5.11 Å². The molecule has 1 saturated carbocycles. The second kappa shape index (κ2) is 3.76. The van der Waals surface area contributed by atoms with E-state index in [1.807, 2.05) is 0 Å². The van der Waals surface area contributed by atoms with Crippen LogP contribution in [0.2, 0.25) is 0 Å². The summed E-state index contributed by atoms with van der Waals surface area (Å²) in [5, 5.41) is 8.78. The van der Waals surface area contributed by atoms with Crippen LogP contribution in [-0.2, 0) is 0 Å². The van der Waals surface area contributed by atoms with Gasteiger partial charge >= 0.3 is 0 Å². The molecule has 1 aliphatic rings. The lowest BCUT2D eigenvalue weighted by atomic mass is 10.1. The van der Waals surface area contributed by atoms with Gasteiger partial charge in [0.05, 0.1) is 0 Å². The molecular formula is C7H13IO. The first-order chi connectivity index (χ1) is 4.36. The highest BCUT2D eigenvalue weighted by molar-refractivity contribution is 14.1. The van der Waals surface area contributed by atoms with Gasteiger partial charge in [0.2, 0.25) is 0 Å². The molecule has 0 radical (unpaired) electrons. The molecule has 1 rings (SSSR count). The SMILES string of the molecule is OC[C@H]1CC[C@@H](CI)C1. The van der Waals surface area contributed by atoms with Gasteiger partial charge in [0.25, 0.3) is 0 Å². The average Bonchev–Trinajstić information content (AvgIpc) is 2.34. The molecular weight excluding hydrogens is 227 g/mol. The number of aliphatic hydroxyl groups is 1. The van der Waals surface area contributed by atoms with Gasteiger partial charge in [-0.3, -0.25) is 0 Å². The molecule has 0 bridgehead atoms.